The number of hydrogen-bond donors (Lipinski definition) is 1. The third kappa shape index (κ3) is 5.57. The molecule has 172 valence electrons. The zero-order valence-electron chi connectivity index (χ0n) is 19.1. The molecule has 0 spiro atoms. The maximum Gasteiger partial charge on any atom is 0.251 e. The van der Waals surface area contributed by atoms with Crippen LogP contribution in [0.25, 0.3) is 0 Å². The first-order chi connectivity index (χ1) is 16.0. The van der Waals surface area contributed by atoms with Crippen molar-refractivity contribution < 1.29 is 13.9 Å². The summed E-state index contributed by atoms with van der Waals surface area (Å²) in [5.74, 6) is 0.496. The summed E-state index contributed by atoms with van der Waals surface area (Å²) in [4.78, 5) is 19.8. The molecule has 33 heavy (non-hydrogen) atoms. The van der Waals surface area contributed by atoms with Crippen LogP contribution in [0.15, 0.2) is 66.9 Å². The minimum atomic E-state index is -0.420. The molecule has 1 fully saturated rings. The Balaban J connectivity index is 1.46. The number of halogens is 1. The summed E-state index contributed by atoms with van der Waals surface area (Å²) in [7, 11) is 1.72. The van der Waals surface area contributed by atoms with Crippen molar-refractivity contribution in [3.05, 3.63) is 95.1 Å². The van der Waals surface area contributed by atoms with Crippen molar-refractivity contribution in [3.63, 3.8) is 0 Å². The Hall–Kier alpha value is -3.25. The van der Waals surface area contributed by atoms with Crippen LogP contribution < -0.4 is 10.1 Å². The van der Waals surface area contributed by atoms with Crippen LogP contribution in [0.5, 0.6) is 5.75 Å². The lowest BCUT2D eigenvalue weighted by Crippen LogP contribution is -2.41. The van der Waals surface area contributed by atoms with Crippen LogP contribution in [0.4, 0.5) is 4.39 Å². The Kier molecular flexibility index (Phi) is 7.35. The van der Waals surface area contributed by atoms with Gasteiger partial charge in [-0.25, -0.2) is 4.39 Å². The Morgan fingerprint density at radius 3 is 2.64 bits per heavy atom. The fourth-order valence-corrected chi connectivity index (χ4v) is 4.66. The van der Waals surface area contributed by atoms with Crippen LogP contribution in [0.1, 0.15) is 46.1 Å². The van der Waals surface area contributed by atoms with E-state index in [-0.39, 0.29) is 17.9 Å². The lowest BCUT2D eigenvalue weighted by molar-refractivity contribution is 0.0887. The van der Waals surface area contributed by atoms with E-state index >= 15 is 0 Å². The molecule has 0 radical (unpaired) electrons. The molecule has 1 aliphatic rings. The largest absolute Gasteiger partial charge is 0.496 e. The SMILES string of the molecule is COc1c(C)cccc1CN1CCC(C(NC(=O)c2cccc(F)c2)c2ccccn2)CC1. The van der Waals surface area contributed by atoms with Gasteiger partial charge in [0.25, 0.3) is 5.91 Å². The molecule has 4 rings (SSSR count). The highest BCUT2D eigenvalue weighted by molar-refractivity contribution is 5.94. The van der Waals surface area contributed by atoms with E-state index in [0.29, 0.717) is 5.56 Å². The first-order valence-electron chi connectivity index (χ1n) is 11.4. The van der Waals surface area contributed by atoms with Crippen molar-refractivity contribution in [2.75, 3.05) is 20.2 Å². The van der Waals surface area contributed by atoms with E-state index in [1.807, 2.05) is 18.2 Å². The second-order valence-electron chi connectivity index (χ2n) is 8.60. The number of likely N-dealkylation sites (tertiary alicyclic amines) is 1. The van der Waals surface area contributed by atoms with Crippen LogP contribution in [0, 0.1) is 18.7 Å². The topological polar surface area (TPSA) is 54.5 Å². The first kappa shape index (κ1) is 22.9. The van der Waals surface area contributed by atoms with Crippen LogP contribution in [0.2, 0.25) is 0 Å². The number of ether oxygens (including phenoxy) is 1. The monoisotopic (exact) mass is 447 g/mol. The number of nitrogens with one attached hydrogen (secondary N) is 1. The number of nitrogens with zero attached hydrogens (tertiary/aromatic N) is 2. The summed E-state index contributed by atoms with van der Waals surface area (Å²) in [5.41, 5.74) is 3.48. The van der Waals surface area contributed by atoms with Crippen molar-refractivity contribution in [2.45, 2.75) is 32.4 Å². The molecule has 2 aromatic carbocycles. The van der Waals surface area contributed by atoms with E-state index in [2.05, 4.69) is 40.3 Å². The minimum absolute atomic E-state index is 0.224. The number of carbonyl (C=O) groups excluding carboxylic acids is 1. The Morgan fingerprint density at radius 1 is 1.15 bits per heavy atom. The molecule has 1 atom stereocenters. The number of hydrogen-bond acceptors (Lipinski definition) is 4. The van der Waals surface area contributed by atoms with Crippen molar-refractivity contribution in [3.8, 4) is 5.75 Å². The number of carbonyl (C=O) groups is 1. The molecule has 1 aliphatic heterocycles. The lowest BCUT2D eigenvalue weighted by atomic mass is 9.86. The molecule has 6 heteroatoms. The van der Waals surface area contributed by atoms with Gasteiger partial charge in [0.2, 0.25) is 0 Å². The molecule has 0 bridgehead atoms. The second-order valence-corrected chi connectivity index (χ2v) is 8.60. The number of rotatable bonds is 7. The van der Waals surface area contributed by atoms with E-state index in [9.17, 15) is 9.18 Å². The maximum atomic E-state index is 13.6. The maximum absolute atomic E-state index is 13.6. The average Bonchev–Trinajstić information content (AvgIpc) is 2.84. The molecule has 1 amide bonds. The van der Waals surface area contributed by atoms with E-state index in [4.69, 9.17) is 4.74 Å². The fraction of sp³-hybridized carbons (Fsp3) is 0.333. The molecular formula is C27H30FN3O2. The highest BCUT2D eigenvalue weighted by Crippen LogP contribution is 2.32. The van der Waals surface area contributed by atoms with Crippen molar-refractivity contribution in [1.82, 2.24) is 15.2 Å². The van der Waals surface area contributed by atoms with Gasteiger partial charge in [0.15, 0.2) is 0 Å². The fourth-order valence-electron chi connectivity index (χ4n) is 4.66. The molecule has 1 saturated heterocycles. The van der Waals surface area contributed by atoms with Crippen LogP contribution in [0.3, 0.4) is 0 Å². The van der Waals surface area contributed by atoms with Gasteiger partial charge in [-0.1, -0.05) is 30.3 Å². The zero-order valence-corrected chi connectivity index (χ0v) is 19.1. The van der Waals surface area contributed by atoms with Crippen molar-refractivity contribution in [2.24, 2.45) is 5.92 Å². The molecule has 0 aliphatic carbocycles. The number of aromatic nitrogens is 1. The summed E-state index contributed by atoms with van der Waals surface area (Å²) in [6.07, 6.45) is 3.60. The predicted octanol–water partition coefficient (Wildman–Crippen LogP) is 4.92. The molecule has 5 nitrogen and oxygen atoms in total. The molecule has 0 saturated carbocycles. The molecule has 2 heterocycles. The molecule has 1 N–H and O–H groups in total. The van der Waals surface area contributed by atoms with Crippen molar-refractivity contribution in [1.29, 1.82) is 0 Å². The summed E-state index contributed by atoms with van der Waals surface area (Å²) in [6, 6.07) is 17.6. The third-order valence-electron chi connectivity index (χ3n) is 6.37. The summed E-state index contributed by atoms with van der Waals surface area (Å²) < 4.78 is 19.3. The van der Waals surface area contributed by atoms with E-state index < -0.39 is 5.82 Å². The smallest absolute Gasteiger partial charge is 0.251 e. The molecular weight excluding hydrogens is 417 g/mol. The van der Waals surface area contributed by atoms with E-state index in [1.165, 1.54) is 17.7 Å². The highest BCUT2D eigenvalue weighted by atomic mass is 19.1. The predicted molar refractivity (Wildman–Crippen MR) is 127 cm³/mol. The highest BCUT2D eigenvalue weighted by Gasteiger charge is 2.30. The van der Waals surface area contributed by atoms with Crippen LogP contribution in [-0.4, -0.2) is 36.0 Å². The number of methoxy groups -OCH3 is 1. The van der Waals surface area contributed by atoms with Crippen LogP contribution in [-0.2, 0) is 6.54 Å². The molecule has 3 aromatic rings. The molecule has 1 unspecified atom stereocenters. The molecule has 1 aromatic heterocycles. The third-order valence-corrected chi connectivity index (χ3v) is 6.37. The quantitative estimate of drug-likeness (QED) is 0.559. The number of piperidine rings is 1. The van der Waals surface area contributed by atoms with Gasteiger partial charge >= 0.3 is 0 Å². The average molecular weight is 448 g/mol. The standard InChI is InChI=1S/C27H30FN3O2/c1-19-7-5-9-22(26(19)33-2)18-31-15-12-20(13-16-31)25(24-11-3-4-14-29-24)30-27(32)21-8-6-10-23(28)17-21/h3-11,14,17,20,25H,12-13,15-16,18H2,1-2H3,(H,30,32). The number of aryl methyl sites for hydroxylation is 1. The summed E-state index contributed by atoms with van der Waals surface area (Å²) in [6.45, 7) is 4.73. The van der Waals surface area contributed by atoms with Gasteiger partial charge in [-0.15, -0.1) is 0 Å². The van der Waals surface area contributed by atoms with Gasteiger partial charge in [-0.05, 0) is 74.7 Å². The van der Waals surface area contributed by atoms with E-state index in [0.717, 1.165) is 49.5 Å². The number of benzene rings is 2. The first-order valence-corrected chi connectivity index (χ1v) is 11.4. The number of para-hydroxylation sites is 1. The van der Waals surface area contributed by atoms with E-state index in [1.54, 1.807) is 25.4 Å². The zero-order chi connectivity index (χ0) is 23.2. The van der Waals surface area contributed by atoms with Gasteiger partial charge in [0, 0.05) is 23.9 Å². The summed E-state index contributed by atoms with van der Waals surface area (Å²) in [5, 5.41) is 3.13. The lowest BCUT2D eigenvalue weighted by Gasteiger charge is -2.36. The second kappa shape index (κ2) is 10.6. The normalized spacial score (nSPS) is 15.7. The number of amides is 1. The van der Waals surface area contributed by atoms with Gasteiger partial charge in [-0.3, -0.25) is 14.7 Å². The van der Waals surface area contributed by atoms with Gasteiger partial charge in [-0.2, -0.15) is 0 Å². The Labute approximate surface area is 194 Å². The Bertz CT molecular complexity index is 1080. The van der Waals surface area contributed by atoms with Gasteiger partial charge in [0.05, 0.1) is 18.8 Å². The van der Waals surface area contributed by atoms with Crippen LogP contribution >= 0.6 is 0 Å². The number of pyridine rings is 1. The Morgan fingerprint density at radius 2 is 1.94 bits per heavy atom. The van der Waals surface area contributed by atoms with Gasteiger partial charge < -0.3 is 10.1 Å². The van der Waals surface area contributed by atoms with Crippen molar-refractivity contribution >= 4 is 5.91 Å². The summed E-state index contributed by atoms with van der Waals surface area (Å²) >= 11 is 0. The van der Waals surface area contributed by atoms with Gasteiger partial charge in [0.1, 0.15) is 11.6 Å². The minimum Gasteiger partial charge on any atom is -0.496 e.